The fourth-order valence-electron chi connectivity index (χ4n) is 1.76. The number of halogens is 2. The number of nitrogens with one attached hydrogen (secondary N) is 1. The van der Waals surface area contributed by atoms with E-state index in [2.05, 4.69) is 21.2 Å². The molecule has 0 unspecified atom stereocenters. The Morgan fingerprint density at radius 1 is 1.22 bits per heavy atom. The zero-order chi connectivity index (χ0) is 16.8. The van der Waals surface area contributed by atoms with Crippen molar-refractivity contribution in [1.82, 2.24) is 0 Å². The van der Waals surface area contributed by atoms with Crippen molar-refractivity contribution >= 4 is 45.1 Å². The molecule has 120 valence electrons. The second-order valence-electron chi connectivity index (χ2n) is 4.48. The molecule has 23 heavy (non-hydrogen) atoms. The lowest BCUT2D eigenvalue weighted by molar-refractivity contribution is -0.119. The van der Waals surface area contributed by atoms with Crippen LogP contribution in [0.15, 0.2) is 46.9 Å². The molecule has 0 bridgehead atoms. The van der Waals surface area contributed by atoms with Crippen molar-refractivity contribution in [3.8, 4) is 5.75 Å². The average molecular weight is 399 g/mol. The molecular formula is C16H13BrClNO4. The van der Waals surface area contributed by atoms with Gasteiger partial charge in [0.2, 0.25) is 0 Å². The van der Waals surface area contributed by atoms with Gasteiger partial charge in [0.15, 0.2) is 6.61 Å². The van der Waals surface area contributed by atoms with Gasteiger partial charge in [0.05, 0.1) is 17.7 Å². The Morgan fingerprint density at radius 3 is 2.74 bits per heavy atom. The zero-order valence-electron chi connectivity index (χ0n) is 12.1. The molecule has 2 aromatic carbocycles. The third-order valence-corrected chi connectivity index (χ3v) is 3.66. The zero-order valence-corrected chi connectivity index (χ0v) is 14.5. The number of anilines is 1. The van der Waals surface area contributed by atoms with Crippen molar-refractivity contribution in [1.29, 1.82) is 0 Å². The van der Waals surface area contributed by atoms with Crippen LogP contribution in [0.3, 0.4) is 0 Å². The molecule has 0 heterocycles. The van der Waals surface area contributed by atoms with Crippen molar-refractivity contribution < 1.29 is 19.1 Å². The first-order valence-corrected chi connectivity index (χ1v) is 7.73. The van der Waals surface area contributed by atoms with Crippen LogP contribution in [0.5, 0.6) is 5.75 Å². The maximum Gasteiger partial charge on any atom is 0.340 e. The molecule has 7 heteroatoms. The molecule has 2 rings (SSSR count). The molecule has 0 aromatic heterocycles. The van der Waals surface area contributed by atoms with Crippen molar-refractivity contribution in [2.45, 2.75) is 0 Å². The highest BCUT2D eigenvalue weighted by Gasteiger charge is 2.14. The van der Waals surface area contributed by atoms with Gasteiger partial charge in [-0.2, -0.15) is 0 Å². The number of hydrogen-bond acceptors (Lipinski definition) is 4. The maximum atomic E-state index is 11.9. The summed E-state index contributed by atoms with van der Waals surface area (Å²) >= 11 is 9.18. The van der Waals surface area contributed by atoms with Crippen molar-refractivity contribution in [3.05, 3.63) is 57.5 Å². The predicted molar refractivity (Wildman–Crippen MR) is 91.1 cm³/mol. The van der Waals surface area contributed by atoms with Gasteiger partial charge in [-0.15, -0.1) is 0 Å². The Labute approximate surface area is 146 Å². The number of hydrogen-bond donors (Lipinski definition) is 1. The summed E-state index contributed by atoms with van der Waals surface area (Å²) in [5.74, 6) is -0.518. The maximum absolute atomic E-state index is 11.9. The second kappa shape index (κ2) is 7.99. The third-order valence-electron chi connectivity index (χ3n) is 2.84. The molecule has 0 spiro atoms. The van der Waals surface area contributed by atoms with E-state index in [4.69, 9.17) is 21.1 Å². The average Bonchev–Trinajstić information content (AvgIpc) is 2.55. The van der Waals surface area contributed by atoms with Crippen LogP contribution >= 0.6 is 27.5 Å². The van der Waals surface area contributed by atoms with E-state index < -0.39 is 18.5 Å². The molecule has 1 amide bonds. The van der Waals surface area contributed by atoms with Gasteiger partial charge in [0, 0.05) is 16.2 Å². The molecule has 2 aromatic rings. The molecule has 0 radical (unpaired) electrons. The van der Waals surface area contributed by atoms with E-state index >= 15 is 0 Å². The van der Waals surface area contributed by atoms with Gasteiger partial charge in [-0.3, -0.25) is 4.79 Å². The lowest BCUT2D eigenvalue weighted by atomic mass is 10.2. The van der Waals surface area contributed by atoms with Crippen molar-refractivity contribution in [3.63, 3.8) is 0 Å². The third kappa shape index (κ3) is 4.97. The number of carbonyl (C=O) groups excluding carboxylic acids is 2. The summed E-state index contributed by atoms with van der Waals surface area (Å²) < 4.78 is 10.7. The topological polar surface area (TPSA) is 64.6 Å². The SMILES string of the molecule is COc1cccc(NC(=O)COC(=O)c2cc(Br)ccc2Cl)c1. The van der Waals surface area contributed by atoms with Crippen LogP contribution in [0.4, 0.5) is 5.69 Å². The quantitative estimate of drug-likeness (QED) is 0.776. The molecule has 5 nitrogen and oxygen atoms in total. The fourth-order valence-corrected chi connectivity index (χ4v) is 2.32. The Balaban J connectivity index is 1.93. The van der Waals surface area contributed by atoms with Gasteiger partial charge >= 0.3 is 5.97 Å². The first kappa shape index (κ1) is 17.3. The molecule has 0 atom stereocenters. The molecule has 0 aliphatic rings. The number of benzene rings is 2. The van der Waals surface area contributed by atoms with Crippen LogP contribution in [0.25, 0.3) is 0 Å². The molecule has 0 saturated carbocycles. The van der Waals surface area contributed by atoms with E-state index in [9.17, 15) is 9.59 Å². The Bertz CT molecular complexity index is 736. The van der Waals surface area contributed by atoms with E-state index in [-0.39, 0.29) is 10.6 Å². The van der Waals surface area contributed by atoms with Crippen LogP contribution in [0.2, 0.25) is 5.02 Å². The molecule has 0 aliphatic heterocycles. The lowest BCUT2D eigenvalue weighted by Crippen LogP contribution is -2.21. The Kier molecular flexibility index (Phi) is 6.01. The summed E-state index contributed by atoms with van der Waals surface area (Å²) in [4.78, 5) is 23.8. The lowest BCUT2D eigenvalue weighted by Gasteiger charge is -2.08. The number of esters is 1. The number of ether oxygens (including phenoxy) is 2. The number of carbonyl (C=O) groups is 2. The summed E-state index contributed by atoms with van der Waals surface area (Å²) in [6.45, 7) is -0.418. The van der Waals surface area contributed by atoms with Gasteiger partial charge in [-0.25, -0.2) is 4.79 Å². The van der Waals surface area contributed by atoms with Crippen molar-refractivity contribution in [2.75, 3.05) is 19.0 Å². The van der Waals surface area contributed by atoms with E-state index in [1.54, 1.807) is 36.4 Å². The summed E-state index contributed by atoms with van der Waals surface area (Å²) in [6, 6.07) is 11.7. The van der Waals surface area contributed by atoms with E-state index in [0.717, 1.165) is 0 Å². The van der Waals surface area contributed by atoms with E-state index in [1.807, 2.05) is 0 Å². The summed E-state index contributed by atoms with van der Waals surface area (Å²) in [7, 11) is 1.53. The highest BCUT2D eigenvalue weighted by molar-refractivity contribution is 9.10. The minimum absolute atomic E-state index is 0.190. The van der Waals surface area contributed by atoms with Crippen LogP contribution in [0.1, 0.15) is 10.4 Å². The summed E-state index contributed by atoms with van der Waals surface area (Å²) in [5, 5.41) is 2.87. The highest BCUT2D eigenvalue weighted by Crippen LogP contribution is 2.22. The van der Waals surface area contributed by atoms with Gasteiger partial charge in [0.1, 0.15) is 5.75 Å². The van der Waals surface area contributed by atoms with Crippen LogP contribution in [-0.4, -0.2) is 25.6 Å². The number of rotatable bonds is 5. The molecule has 0 fully saturated rings. The fraction of sp³-hybridized carbons (Fsp3) is 0.125. The molecule has 0 aliphatic carbocycles. The Morgan fingerprint density at radius 2 is 2.00 bits per heavy atom. The first-order chi connectivity index (χ1) is 11.0. The molecular weight excluding hydrogens is 386 g/mol. The summed E-state index contributed by atoms with van der Waals surface area (Å²) in [6.07, 6.45) is 0. The largest absolute Gasteiger partial charge is 0.497 e. The minimum atomic E-state index is -0.669. The molecule has 1 N–H and O–H groups in total. The van der Waals surface area contributed by atoms with Crippen LogP contribution < -0.4 is 10.1 Å². The van der Waals surface area contributed by atoms with Gasteiger partial charge in [-0.1, -0.05) is 33.6 Å². The number of methoxy groups -OCH3 is 1. The van der Waals surface area contributed by atoms with Gasteiger partial charge in [-0.05, 0) is 30.3 Å². The smallest absolute Gasteiger partial charge is 0.340 e. The van der Waals surface area contributed by atoms with Crippen LogP contribution in [0, 0.1) is 0 Å². The second-order valence-corrected chi connectivity index (χ2v) is 5.80. The van der Waals surface area contributed by atoms with Gasteiger partial charge in [0.25, 0.3) is 5.91 Å². The Hall–Kier alpha value is -2.05. The minimum Gasteiger partial charge on any atom is -0.497 e. The van der Waals surface area contributed by atoms with Crippen molar-refractivity contribution in [2.24, 2.45) is 0 Å². The van der Waals surface area contributed by atoms with Crippen LogP contribution in [-0.2, 0) is 9.53 Å². The normalized spacial score (nSPS) is 10.0. The molecule has 0 saturated heterocycles. The monoisotopic (exact) mass is 397 g/mol. The highest BCUT2D eigenvalue weighted by atomic mass is 79.9. The van der Waals surface area contributed by atoms with Gasteiger partial charge < -0.3 is 14.8 Å². The van der Waals surface area contributed by atoms with E-state index in [0.29, 0.717) is 15.9 Å². The van der Waals surface area contributed by atoms with E-state index in [1.165, 1.54) is 13.2 Å². The predicted octanol–water partition coefficient (Wildman–Crippen LogP) is 3.91. The summed E-state index contributed by atoms with van der Waals surface area (Å²) in [5.41, 5.74) is 0.737. The number of amides is 1. The standard InChI is InChI=1S/C16H13BrClNO4/c1-22-12-4-2-3-11(8-12)19-15(20)9-23-16(21)13-7-10(17)5-6-14(13)18/h2-8H,9H2,1H3,(H,19,20). The first-order valence-electron chi connectivity index (χ1n) is 6.55.